The fraction of sp³-hybridized carbons (Fsp3) is 0.500. The van der Waals surface area contributed by atoms with Crippen LogP contribution in [0.15, 0.2) is 18.2 Å². The van der Waals surface area contributed by atoms with Gasteiger partial charge in [0, 0.05) is 22.0 Å². The zero-order valence-electron chi connectivity index (χ0n) is 8.76. The number of rotatable bonds is 3. The summed E-state index contributed by atoms with van der Waals surface area (Å²) in [7, 11) is 0. The molecule has 2 rings (SSSR count). The van der Waals surface area contributed by atoms with Crippen molar-refractivity contribution in [2.45, 2.75) is 31.7 Å². The predicted octanol–water partition coefficient (Wildman–Crippen LogP) is 3.85. The van der Waals surface area contributed by atoms with Crippen LogP contribution >= 0.6 is 23.2 Å². The van der Waals surface area contributed by atoms with Gasteiger partial charge in [-0.05, 0) is 37.1 Å². The van der Waals surface area contributed by atoms with E-state index in [1.165, 1.54) is 18.4 Å². The molecular weight excluding hydrogens is 229 g/mol. The highest BCUT2D eigenvalue weighted by Gasteiger charge is 2.32. The first kappa shape index (κ1) is 11.3. The van der Waals surface area contributed by atoms with Gasteiger partial charge >= 0.3 is 0 Å². The van der Waals surface area contributed by atoms with Gasteiger partial charge in [-0.1, -0.05) is 36.2 Å². The van der Waals surface area contributed by atoms with Crippen molar-refractivity contribution in [3.63, 3.8) is 0 Å². The second kappa shape index (κ2) is 4.73. The molecule has 0 saturated heterocycles. The minimum Gasteiger partial charge on any atom is -0.314 e. The Labute approximate surface area is 101 Å². The van der Waals surface area contributed by atoms with Crippen LogP contribution in [0.2, 0.25) is 10.0 Å². The second-order valence-corrected chi connectivity index (χ2v) is 4.86. The largest absolute Gasteiger partial charge is 0.314 e. The van der Waals surface area contributed by atoms with E-state index in [0.29, 0.717) is 17.0 Å². The standard InChI is InChI=1S/C12H15Cl2N/c1-2-15-12-6-5-10(12)9-4-3-8(13)7-11(9)14/h3-4,7,10,12,15H,2,5-6H2,1H3/t10-,12-/m1/s1. The molecule has 1 N–H and O–H groups in total. The lowest BCUT2D eigenvalue weighted by Crippen LogP contribution is -2.42. The summed E-state index contributed by atoms with van der Waals surface area (Å²) >= 11 is 12.1. The average molecular weight is 244 g/mol. The maximum atomic E-state index is 6.19. The molecule has 0 aliphatic heterocycles. The summed E-state index contributed by atoms with van der Waals surface area (Å²) in [6, 6.07) is 6.40. The van der Waals surface area contributed by atoms with E-state index in [2.05, 4.69) is 18.3 Å². The maximum absolute atomic E-state index is 6.19. The molecule has 0 radical (unpaired) electrons. The average Bonchev–Trinajstić information content (AvgIpc) is 2.17. The lowest BCUT2D eigenvalue weighted by molar-refractivity contribution is 0.289. The Kier molecular flexibility index (Phi) is 3.55. The third-order valence-electron chi connectivity index (χ3n) is 3.10. The first-order chi connectivity index (χ1) is 7.22. The van der Waals surface area contributed by atoms with Crippen molar-refractivity contribution in [3.05, 3.63) is 33.8 Å². The highest BCUT2D eigenvalue weighted by atomic mass is 35.5. The van der Waals surface area contributed by atoms with Gasteiger partial charge in [-0.2, -0.15) is 0 Å². The molecular formula is C12H15Cl2N. The number of hydrogen-bond donors (Lipinski definition) is 1. The summed E-state index contributed by atoms with van der Waals surface area (Å²) < 4.78 is 0. The Morgan fingerprint density at radius 2 is 2.13 bits per heavy atom. The molecule has 2 atom stereocenters. The Bertz CT molecular complexity index is 351. The van der Waals surface area contributed by atoms with E-state index in [9.17, 15) is 0 Å². The van der Waals surface area contributed by atoms with Crippen LogP contribution < -0.4 is 5.32 Å². The van der Waals surface area contributed by atoms with Gasteiger partial charge in [-0.3, -0.25) is 0 Å². The molecule has 1 saturated carbocycles. The summed E-state index contributed by atoms with van der Waals surface area (Å²) in [6.45, 7) is 3.16. The molecule has 15 heavy (non-hydrogen) atoms. The number of hydrogen-bond acceptors (Lipinski definition) is 1. The summed E-state index contributed by atoms with van der Waals surface area (Å²) in [4.78, 5) is 0. The Morgan fingerprint density at radius 3 is 2.67 bits per heavy atom. The molecule has 1 aromatic rings. The van der Waals surface area contributed by atoms with Crippen molar-refractivity contribution in [1.82, 2.24) is 5.32 Å². The summed E-state index contributed by atoms with van der Waals surface area (Å²) in [6.07, 6.45) is 2.47. The van der Waals surface area contributed by atoms with Crippen LogP contribution in [-0.4, -0.2) is 12.6 Å². The monoisotopic (exact) mass is 243 g/mol. The van der Waals surface area contributed by atoms with Crippen LogP contribution in [0.1, 0.15) is 31.2 Å². The summed E-state index contributed by atoms with van der Waals surface area (Å²) in [5.41, 5.74) is 1.23. The van der Waals surface area contributed by atoms with Gasteiger partial charge in [-0.15, -0.1) is 0 Å². The maximum Gasteiger partial charge on any atom is 0.0456 e. The van der Waals surface area contributed by atoms with Crippen molar-refractivity contribution >= 4 is 23.2 Å². The van der Waals surface area contributed by atoms with Gasteiger partial charge in [0.25, 0.3) is 0 Å². The molecule has 0 spiro atoms. The van der Waals surface area contributed by atoms with Crippen LogP contribution in [0, 0.1) is 0 Å². The molecule has 1 fully saturated rings. The number of halogens is 2. The van der Waals surface area contributed by atoms with E-state index in [0.717, 1.165) is 11.6 Å². The molecule has 0 unspecified atom stereocenters. The lowest BCUT2D eigenvalue weighted by atomic mass is 9.75. The minimum atomic E-state index is 0.565. The van der Waals surface area contributed by atoms with Gasteiger partial charge in [0.05, 0.1) is 0 Å². The fourth-order valence-electron chi connectivity index (χ4n) is 2.18. The zero-order chi connectivity index (χ0) is 10.8. The first-order valence-electron chi connectivity index (χ1n) is 5.40. The minimum absolute atomic E-state index is 0.565. The van der Waals surface area contributed by atoms with E-state index in [1.807, 2.05) is 12.1 Å². The highest BCUT2D eigenvalue weighted by molar-refractivity contribution is 6.35. The summed E-state index contributed by atoms with van der Waals surface area (Å²) in [5, 5.41) is 4.99. The van der Waals surface area contributed by atoms with E-state index in [4.69, 9.17) is 23.2 Å². The first-order valence-corrected chi connectivity index (χ1v) is 6.16. The second-order valence-electron chi connectivity index (χ2n) is 4.01. The predicted molar refractivity (Wildman–Crippen MR) is 65.9 cm³/mol. The van der Waals surface area contributed by atoms with Crippen LogP contribution in [0.5, 0.6) is 0 Å². The smallest absolute Gasteiger partial charge is 0.0456 e. The van der Waals surface area contributed by atoms with Crippen molar-refractivity contribution in [2.75, 3.05) is 6.54 Å². The van der Waals surface area contributed by atoms with Crippen LogP contribution in [-0.2, 0) is 0 Å². The van der Waals surface area contributed by atoms with Gasteiger partial charge in [0.2, 0.25) is 0 Å². The van der Waals surface area contributed by atoms with Crippen LogP contribution in [0.3, 0.4) is 0 Å². The Balaban J connectivity index is 2.15. The number of likely N-dealkylation sites (N-methyl/N-ethyl adjacent to an activating group) is 1. The molecule has 1 aliphatic rings. The van der Waals surface area contributed by atoms with Gasteiger partial charge in [-0.25, -0.2) is 0 Å². The molecule has 0 aromatic heterocycles. The van der Waals surface area contributed by atoms with Gasteiger partial charge in [0.1, 0.15) is 0 Å². The molecule has 1 aromatic carbocycles. The molecule has 1 nitrogen and oxygen atoms in total. The van der Waals surface area contributed by atoms with Crippen molar-refractivity contribution in [2.24, 2.45) is 0 Å². The number of nitrogens with one attached hydrogen (secondary N) is 1. The lowest BCUT2D eigenvalue weighted by Gasteiger charge is -2.38. The third-order valence-corrected chi connectivity index (χ3v) is 3.67. The van der Waals surface area contributed by atoms with Crippen molar-refractivity contribution < 1.29 is 0 Å². The van der Waals surface area contributed by atoms with E-state index in [1.54, 1.807) is 0 Å². The van der Waals surface area contributed by atoms with Gasteiger partial charge < -0.3 is 5.32 Å². The molecule has 0 amide bonds. The SMILES string of the molecule is CCN[C@@H]1CC[C@@H]1c1ccc(Cl)cc1Cl. The molecule has 3 heteroatoms. The zero-order valence-corrected chi connectivity index (χ0v) is 10.3. The van der Waals surface area contributed by atoms with E-state index < -0.39 is 0 Å². The molecule has 0 bridgehead atoms. The summed E-state index contributed by atoms with van der Waals surface area (Å²) in [5.74, 6) is 0.565. The van der Waals surface area contributed by atoms with Crippen LogP contribution in [0.25, 0.3) is 0 Å². The van der Waals surface area contributed by atoms with Gasteiger partial charge in [0.15, 0.2) is 0 Å². The van der Waals surface area contributed by atoms with Crippen LogP contribution in [0.4, 0.5) is 0 Å². The van der Waals surface area contributed by atoms with Crippen molar-refractivity contribution in [3.8, 4) is 0 Å². The highest BCUT2D eigenvalue weighted by Crippen LogP contribution is 2.40. The molecule has 1 aliphatic carbocycles. The van der Waals surface area contributed by atoms with E-state index in [-0.39, 0.29) is 0 Å². The Morgan fingerprint density at radius 1 is 1.33 bits per heavy atom. The van der Waals surface area contributed by atoms with E-state index >= 15 is 0 Å². The quantitative estimate of drug-likeness (QED) is 0.851. The topological polar surface area (TPSA) is 12.0 Å². The molecule has 82 valence electrons. The Hall–Kier alpha value is -0.240. The van der Waals surface area contributed by atoms with Crippen molar-refractivity contribution in [1.29, 1.82) is 0 Å². The third kappa shape index (κ3) is 2.30. The normalized spacial score (nSPS) is 25.0. The molecule has 0 heterocycles. The number of benzene rings is 1. The fourth-order valence-corrected chi connectivity index (χ4v) is 2.73.